The Morgan fingerprint density at radius 3 is 2.65 bits per heavy atom. The Morgan fingerprint density at radius 1 is 1.40 bits per heavy atom. The fourth-order valence-electron chi connectivity index (χ4n) is 2.28. The van der Waals surface area contributed by atoms with Crippen molar-refractivity contribution in [2.75, 3.05) is 19.6 Å². The van der Waals surface area contributed by atoms with Gasteiger partial charge in [0, 0.05) is 38.6 Å². The van der Waals surface area contributed by atoms with Crippen LogP contribution in [-0.4, -0.2) is 36.9 Å². The highest BCUT2D eigenvalue weighted by Gasteiger charge is 2.31. The van der Waals surface area contributed by atoms with E-state index >= 15 is 0 Å². The van der Waals surface area contributed by atoms with Crippen molar-refractivity contribution in [3.05, 3.63) is 18.0 Å². The third-order valence-electron chi connectivity index (χ3n) is 3.79. The molecule has 1 fully saturated rings. The van der Waals surface area contributed by atoms with Gasteiger partial charge in [-0.15, -0.1) is 0 Å². The molecule has 1 N–H and O–H groups in total. The van der Waals surface area contributed by atoms with Crippen molar-refractivity contribution in [1.29, 1.82) is 0 Å². The molecule has 1 saturated carbocycles. The highest BCUT2D eigenvalue weighted by Crippen LogP contribution is 2.31. The van der Waals surface area contributed by atoms with Crippen LogP contribution in [0.4, 0.5) is 0 Å². The summed E-state index contributed by atoms with van der Waals surface area (Å²) in [5, 5.41) is 3.23. The van der Waals surface area contributed by atoms with Crippen molar-refractivity contribution in [3.8, 4) is 0 Å². The number of aromatic nitrogens is 1. The van der Waals surface area contributed by atoms with Crippen LogP contribution < -0.4 is 5.32 Å². The minimum Gasteiger partial charge on any atom is -0.352 e. The van der Waals surface area contributed by atoms with Gasteiger partial charge in [0.15, 0.2) is 0 Å². The second-order valence-electron chi connectivity index (χ2n) is 5.46. The first kappa shape index (κ1) is 15.5. The number of nitrogens with one attached hydrogen (secondary N) is 1. The van der Waals surface area contributed by atoms with Gasteiger partial charge in [0.1, 0.15) is 4.90 Å². The standard InChI is InChI=1S/C14H25N3O2S/c1-4-15-9-13-8-14(11-16(13)3)20(18,19)17(5-2)10-12-6-7-12/h8,11-12,15H,4-7,9-10H2,1-3H3. The summed E-state index contributed by atoms with van der Waals surface area (Å²) in [6.07, 6.45) is 4.04. The summed E-state index contributed by atoms with van der Waals surface area (Å²) in [7, 11) is -1.46. The zero-order valence-corrected chi connectivity index (χ0v) is 13.4. The van der Waals surface area contributed by atoms with E-state index in [0.717, 1.165) is 25.1 Å². The zero-order chi connectivity index (χ0) is 14.8. The zero-order valence-electron chi connectivity index (χ0n) is 12.6. The molecule has 6 heteroatoms. The fraction of sp³-hybridized carbons (Fsp3) is 0.714. The molecule has 1 aromatic rings. The van der Waals surface area contributed by atoms with Crippen LogP contribution in [0.15, 0.2) is 17.2 Å². The summed E-state index contributed by atoms with van der Waals surface area (Å²) in [4.78, 5) is 0.412. The van der Waals surface area contributed by atoms with E-state index in [0.29, 0.717) is 30.4 Å². The molecule has 20 heavy (non-hydrogen) atoms. The Balaban J connectivity index is 2.18. The predicted octanol–water partition coefficient (Wildman–Crippen LogP) is 1.56. The Kier molecular flexibility index (Phi) is 4.88. The van der Waals surface area contributed by atoms with E-state index in [4.69, 9.17) is 0 Å². The van der Waals surface area contributed by atoms with Crippen LogP contribution in [0.25, 0.3) is 0 Å². The molecule has 0 aromatic carbocycles. The van der Waals surface area contributed by atoms with Crippen molar-refractivity contribution in [3.63, 3.8) is 0 Å². The average Bonchev–Trinajstić information content (AvgIpc) is 3.15. The summed E-state index contributed by atoms with van der Waals surface area (Å²) in [5.74, 6) is 0.565. The van der Waals surface area contributed by atoms with Crippen LogP contribution in [0, 0.1) is 5.92 Å². The van der Waals surface area contributed by atoms with Gasteiger partial charge in [-0.2, -0.15) is 4.31 Å². The lowest BCUT2D eigenvalue weighted by molar-refractivity contribution is 0.412. The van der Waals surface area contributed by atoms with Crippen molar-refractivity contribution in [2.24, 2.45) is 13.0 Å². The van der Waals surface area contributed by atoms with Gasteiger partial charge < -0.3 is 9.88 Å². The van der Waals surface area contributed by atoms with E-state index in [-0.39, 0.29) is 0 Å². The smallest absolute Gasteiger partial charge is 0.244 e. The molecule has 1 aliphatic carbocycles. The number of hydrogen-bond donors (Lipinski definition) is 1. The third kappa shape index (κ3) is 3.42. The number of aryl methyl sites for hydroxylation is 1. The van der Waals surface area contributed by atoms with Crippen LogP contribution >= 0.6 is 0 Å². The molecular formula is C14H25N3O2S. The lowest BCUT2D eigenvalue weighted by Gasteiger charge is -2.19. The Labute approximate surface area is 122 Å². The molecule has 114 valence electrons. The largest absolute Gasteiger partial charge is 0.352 e. The second kappa shape index (κ2) is 6.28. The summed E-state index contributed by atoms with van der Waals surface area (Å²) >= 11 is 0. The molecule has 1 aromatic heterocycles. The monoisotopic (exact) mass is 299 g/mol. The Bertz CT molecular complexity index is 547. The topological polar surface area (TPSA) is 54.3 Å². The fourth-order valence-corrected chi connectivity index (χ4v) is 3.90. The van der Waals surface area contributed by atoms with Gasteiger partial charge in [-0.25, -0.2) is 8.42 Å². The number of nitrogens with zero attached hydrogens (tertiary/aromatic N) is 2. The molecule has 1 aliphatic rings. The van der Waals surface area contributed by atoms with E-state index in [1.165, 1.54) is 0 Å². The van der Waals surface area contributed by atoms with E-state index in [1.54, 1.807) is 16.6 Å². The minimum atomic E-state index is -3.35. The first-order chi connectivity index (χ1) is 9.48. The van der Waals surface area contributed by atoms with E-state index in [9.17, 15) is 8.42 Å². The van der Waals surface area contributed by atoms with Gasteiger partial charge in [-0.3, -0.25) is 0 Å². The van der Waals surface area contributed by atoms with Gasteiger partial charge in [-0.1, -0.05) is 13.8 Å². The van der Waals surface area contributed by atoms with Crippen molar-refractivity contribution >= 4 is 10.0 Å². The van der Waals surface area contributed by atoms with Crippen molar-refractivity contribution in [1.82, 2.24) is 14.2 Å². The van der Waals surface area contributed by atoms with Crippen LogP contribution in [0.3, 0.4) is 0 Å². The van der Waals surface area contributed by atoms with Gasteiger partial charge in [0.2, 0.25) is 10.0 Å². The Morgan fingerprint density at radius 2 is 2.10 bits per heavy atom. The highest BCUT2D eigenvalue weighted by atomic mass is 32.2. The third-order valence-corrected chi connectivity index (χ3v) is 5.69. The number of rotatable bonds is 8. The molecule has 0 spiro atoms. The summed E-state index contributed by atoms with van der Waals surface area (Å²) in [5.41, 5.74) is 0.993. The van der Waals surface area contributed by atoms with E-state index in [1.807, 2.05) is 25.5 Å². The normalized spacial score (nSPS) is 16.0. The molecule has 5 nitrogen and oxygen atoms in total. The van der Waals surface area contributed by atoms with Crippen molar-refractivity contribution in [2.45, 2.75) is 38.1 Å². The SMILES string of the molecule is CCNCc1cc(S(=O)(=O)N(CC)CC2CC2)cn1C. The van der Waals surface area contributed by atoms with E-state index < -0.39 is 10.0 Å². The maximum Gasteiger partial charge on any atom is 0.244 e. The maximum atomic E-state index is 12.7. The van der Waals surface area contributed by atoms with Gasteiger partial charge >= 0.3 is 0 Å². The summed E-state index contributed by atoms with van der Waals surface area (Å²) in [6.45, 7) is 6.71. The molecule has 0 aliphatic heterocycles. The molecule has 0 saturated heterocycles. The van der Waals surface area contributed by atoms with Crippen LogP contribution in [0.5, 0.6) is 0 Å². The first-order valence-electron chi connectivity index (χ1n) is 7.35. The Hall–Kier alpha value is -0.850. The van der Waals surface area contributed by atoms with Gasteiger partial charge in [0.05, 0.1) is 0 Å². The average molecular weight is 299 g/mol. The summed E-state index contributed by atoms with van der Waals surface area (Å²) in [6, 6.07) is 1.79. The van der Waals surface area contributed by atoms with Crippen LogP contribution in [0.1, 0.15) is 32.4 Å². The van der Waals surface area contributed by atoms with Gasteiger partial charge in [-0.05, 0) is 31.4 Å². The second-order valence-corrected chi connectivity index (χ2v) is 7.40. The molecule has 0 amide bonds. The quantitative estimate of drug-likeness (QED) is 0.792. The maximum absolute atomic E-state index is 12.7. The molecular weight excluding hydrogens is 274 g/mol. The highest BCUT2D eigenvalue weighted by molar-refractivity contribution is 7.89. The molecule has 0 radical (unpaired) electrons. The molecule has 1 heterocycles. The molecule has 0 unspecified atom stereocenters. The molecule has 0 bridgehead atoms. The number of hydrogen-bond acceptors (Lipinski definition) is 3. The minimum absolute atomic E-state index is 0.412. The van der Waals surface area contributed by atoms with Crippen molar-refractivity contribution < 1.29 is 8.42 Å². The first-order valence-corrected chi connectivity index (χ1v) is 8.79. The summed E-state index contributed by atoms with van der Waals surface area (Å²) < 4.78 is 28.8. The van der Waals surface area contributed by atoms with E-state index in [2.05, 4.69) is 5.32 Å². The van der Waals surface area contributed by atoms with Crippen LogP contribution in [0.2, 0.25) is 0 Å². The number of sulfonamides is 1. The lowest BCUT2D eigenvalue weighted by atomic mass is 10.4. The predicted molar refractivity (Wildman–Crippen MR) is 80.0 cm³/mol. The van der Waals surface area contributed by atoms with Crippen LogP contribution in [-0.2, 0) is 23.6 Å². The molecule has 2 rings (SSSR count). The lowest BCUT2D eigenvalue weighted by Crippen LogP contribution is -2.32. The molecule has 0 atom stereocenters. The van der Waals surface area contributed by atoms with Gasteiger partial charge in [0.25, 0.3) is 0 Å².